The molecule has 0 bridgehead atoms. The predicted molar refractivity (Wildman–Crippen MR) is 85.2 cm³/mol. The van der Waals surface area contributed by atoms with Crippen molar-refractivity contribution in [3.05, 3.63) is 35.7 Å². The van der Waals surface area contributed by atoms with Gasteiger partial charge in [-0.1, -0.05) is 38.1 Å². The zero-order valence-electron chi connectivity index (χ0n) is 15.0. The van der Waals surface area contributed by atoms with Gasteiger partial charge in [-0.25, -0.2) is 0 Å². The van der Waals surface area contributed by atoms with E-state index in [1.165, 1.54) is 12.2 Å². The topological polar surface area (TPSA) is 92.8 Å². The molecular formula is C17H19F3N3O4-. The molecule has 7 nitrogen and oxygen atoms in total. The molecule has 0 N–H and O–H groups in total. The number of rotatable bonds is 4. The highest BCUT2D eigenvalue weighted by atomic mass is 19.4. The van der Waals surface area contributed by atoms with E-state index in [-0.39, 0.29) is 23.9 Å². The van der Waals surface area contributed by atoms with E-state index in [2.05, 4.69) is 19.9 Å². The van der Waals surface area contributed by atoms with Gasteiger partial charge in [-0.05, 0) is 25.3 Å². The van der Waals surface area contributed by atoms with E-state index >= 15 is 0 Å². The van der Waals surface area contributed by atoms with Crippen LogP contribution in [0.5, 0.6) is 0 Å². The van der Waals surface area contributed by atoms with E-state index in [0.29, 0.717) is 12.8 Å². The Morgan fingerprint density at radius 2 is 2.04 bits per heavy atom. The second-order valence-corrected chi connectivity index (χ2v) is 7.41. The van der Waals surface area contributed by atoms with Crippen LogP contribution in [0, 0.1) is 0 Å². The fourth-order valence-corrected chi connectivity index (χ4v) is 2.60. The molecule has 0 aliphatic heterocycles. The molecule has 1 heterocycles. The largest absolute Gasteiger partial charge is 0.595 e. The molecule has 0 aromatic carbocycles. The van der Waals surface area contributed by atoms with Gasteiger partial charge in [0.1, 0.15) is 17.4 Å². The van der Waals surface area contributed by atoms with E-state index in [1.54, 1.807) is 26.8 Å². The summed E-state index contributed by atoms with van der Waals surface area (Å²) in [7, 11) is 0. The first-order valence-electron chi connectivity index (χ1n) is 8.40. The Kier molecular flexibility index (Phi) is 4.69. The summed E-state index contributed by atoms with van der Waals surface area (Å²) < 4.78 is 52.2. The van der Waals surface area contributed by atoms with E-state index < -0.39 is 29.5 Å². The summed E-state index contributed by atoms with van der Waals surface area (Å²) in [5.74, 6) is -1.00. The number of aromatic nitrogens is 2. The van der Waals surface area contributed by atoms with Gasteiger partial charge in [0, 0.05) is 5.60 Å². The molecule has 0 spiro atoms. The molecule has 1 fully saturated rings. The number of ether oxygens (including phenoxy) is 2. The molecule has 0 amide bonds. The highest BCUT2D eigenvalue weighted by Crippen LogP contribution is 2.49. The third-order valence-electron chi connectivity index (χ3n) is 3.92. The van der Waals surface area contributed by atoms with Gasteiger partial charge in [-0.2, -0.15) is 4.98 Å². The standard InChI is InChI=1S/C17H20F3N3O4/c1-15(2,3)26-14(24)22-16(8-9-16)13-21-12(23-27-13)10-6-4-5-7-11(10)25-17(18,19)20/h4-5,7,10H,6,8-9H2,1-3H3,(H,22,24)/p-1. The zero-order valence-corrected chi connectivity index (χ0v) is 15.0. The van der Waals surface area contributed by atoms with Gasteiger partial charge in [0.25, 0.3) is 5.89 Å². The lowest BCUT2D eigenvalue weighted by molar-refractivity contribution is -0.307. The summed E-state index contributed by atoms with van der Waals surface area (Å²) in [4.78, 5) is 8.21. The minimum atomic E-state index is -4.81. The first-order chi connectivity index (χ1) is 12.5. The van der Waals surface area contributed by atoms with Crippen LogP contribution in [0.25, 0.3) is 0 Å². The van der Waals surface area contributed by atoms with Crippen LogP contribution in [0.4, 0.5) is 13.2 Å². The number of alkyl halides is 3. The Balaban J connectivity index is 1.79. The summed E-state index contributed by atoms with van der Waals surface area (Å²) in [5.41, 5.74) is -1.66. The fraction of sp³-hybridized carbons (Fsp3) is 0.588. The van der Waals surface area contributed by atoms with E-state index in [1.807, 2.05) is 0 Å². The molecule has 1 unspecified atom stereocenters. The summed E-state index contributed by atoms with van der Waals surface area (Å²) in [6.45, 7) is 5.15. The quantitative estimate of drug-likeness (QED) is 0.583. The highest BCUT2D eigenvalue weighted by molar-refractivity contribution is 5.63. The lowest BCUT2D eigenvalue weighted by Crippen LogP contribution is -2.33. The molecule has 1 saturated carbocycles. The van der Waals surface area contributed by atoms with Crippen LogP contribution in [0.1, 0.15) is 57.7 Å². The molecule has 2 aliphatic rings. The van der Waals surface area contributed by atoms with Crippen molar-refractivity contribution in [2.24, 2.45) is 4.99 Å². The van der Waals surface area contributed by atoms with Crippen molar-refractivity contribution in [2.75, 3.05) is 0 Å². The number of nitrogens with zero attached hydrogens (tertiary/aromatic N) is 3. The van der Waals surface area contributed by atoms with Crippen molar-refractivity contribution in [3.63, 3.8) is 0 Å². The van der Waals surface area contributed by atoms with Gasteiger partial charge in [-0.3, -0.25) is 4.99 Å². The molecule has 10 heteroatoms. The maximum atomic E-state index is 12.6. The monoisotopic (exact) mass is 386 g/mol. The number of allylic oxidation sites excluding steroid dienone is 4. The van der Waals surface area contributed by atoms with Crippen molar-refractivity contribution in [3.8, 4) is 0 Å². The van der Waals surface area contributed by atoms with Gasteiger partial charge < -0.3 is 19.1 Å². The van der Waals surface area contributed by atoms with Crippen molar-refractivity contribution in [1.82, 2.24) is 10.1 Å². The third kappa shape index (κ3) is 4.81. The van der Waals surface area contributed by atoms with Crippen LogP contribution < -0.4 is 5.11 Å². The molecule has 1 aromatic rings. The smallest absolute Gasteiger partial charge is 0.572 e. The number of hydrogen-bond donors (Lipinski definition) is 0. The van der Waals surface area contributed by atoms with E-state index in [9.17, 15) is 18.3 Å². The van der Waals surface area contributed by atoms with Gasteiger partial charge in [0.05, 0.1) is 5.92 Å². The molecule has 1 aromatic heterocycles. The van der Waals surface area contributed by atoms with Crippen LogP contribution in [-0.4, -0.2) is 28.2 Å². The van der Waals surface area contributed by atoms with Crippen LogP contribution in [0.3, 0.4) is 0 Å². The van der Waals surface area contributed by atoms with Crippen molar-refractivity contribution < 1.29 is 32.3 Å². The first-order valence-corrected chi connectivity index (χ1v) is 8.40. The Hall–Kier alpha value is -2.52. The normalized spacial score (nSPS) is 22.4. The maximum absolute atomic E-state index is 12.6. The third-order valence-corrected chi connectivity index (χ3v) is 3.92. The second-order valence-electron chi connectivity index (χ2n) is 7.41. The van der Waals surface area contributed by atoms with Crippen LogP contribution in [0.2, 0.25) is 0 Å². The molecule has 27 heavy (non-hydrogen) atoms. The molecule has 0 saturated heterocycles. The summed E-state index contributed by atoms with van der Waals surface area (Å²) in [6.07, 6.45) is 0.0701. The van der Waals surface area contributed by atoms with Crippen LogP contribution >= 0.6 is 0 Å². The zero-order chi connectivity index (χ0) is 19.9. The summed E-state index contributed by atoms with van der Waals surface area (Å²) in [5, 5.41) is 15.8. The van der Waals surface area contributed by atoms with Gasteiger partial charge in [0.2, 0.25) is 0 Å². The van der Waals surface area contributed by atoms with E-state index in [0.717, 1.165) is 0 Å². The average Bonchev–Trinajstić information content (AvgIpc) is 3.10. The van der Waals surface area contributed by atoms with Crippen molar-refractivity contribution >= 4 is 6.08 Å². The highest BCUT2D eigenvalue weighted by Gasteiger charge is 2.50. The Labute approximate surface area is 153 Å². The lowest BCUT2D eigenvalue weighted by Gasteiger charge is -2.30. The summed E-state index contributed by atoms with van der Waals surface area (Å²) in [6, 6.07) is 0. The van der Waals surface area contributed by atoms with Crippen molar-refractivity contribution in [2.45, 2.75) is 63.5 Å². The Morgan fingerprint density at radius 3 is 2.63 bits per heavy atom. The van der Waals surface area contributed by atoms with Crippen LogP contribution in [-0.2, 0) is 15.0 Å². The van der Waals surface area contributed by atoms with Gasteiger partial charge in [0.15, 0.2) is 5.82 Å². The molecular weight excluding hydrogens is 367 g/mol. The number of hydrogen-bond acceptors (Lipinski definition) is 7. The molecule has 148 valence electrons. The Morgan fingerprint density at radius 1 is 1.33 bits per heavy atom. The predicted octanol–water partition coefficient (Wildman–Crippen LogP) is 3.05. The maximum Gasteiger partial charge on any atom is 0.572 e. The molecule has 2 aliphatic carbocycles. The molecule has 0 radical (unpaired) electrons. The second kappa shape index (κ2) is 6.58. The number of halogens is 3. The van der Waals surface area contributed by atoms with Gasteiger partial charge in [-0.15, -0.1) is 13.2 Å². The van der Waals surface area contributed by atoms with Crippen molar-refractivity contribution in [1.29, 1.82) is 0 Å². The summed E-state index contributed by atoms with van der Waals surface area (Å²) >= 11 is 0. The minimum absolute atomic E-state index is 0.0514. The van der Waals surface area contributed by atoms with Crippen LogP contribution in [0.15, 0.2) is 33.5 Å². The minimum Gasteiger partial charge on any atom is -0.595 e. The Bertz CT molecular complexity index is 786. The van der Waals surface area contributed by atoms with E-state index in [4.69, 9.17) is 9.26 Å². The van der Waals surface area contributed by atoms with Gasteiger partial charge >= 0.3 is 6.36 Å². The molecule has 3 rings (SSSR count). The average molecular weight is 386 g/mol. The first kappa shape index (κ1) is 19.2. The molecule has 1 atom stereocenters. The lowest BCUT2D eigenvalue weighted by atomic mass is 9.98. The number of aliphatic imine (C=N–C) groups is 1. The fourth-order valence-electron chi connectivity index (χ4n) is 2.60. The SMILES string of the molecule is CC(C)(C)OC([O-])=NC1(c2nc(C3CC=CC=C3OC(F)(F)F)no2)CC1.